The molecule has 14 nitrogen and oxygen atoms in total. The summed E-state index contributed by atoms with van der Waals surface area (Å²) < 4.78 is 34.0. The number of nitrogens with one attached hydrogen (secondary N) is 3. The highest BCUT2D eigenvalue weighted by atomic mass is 19.1. The maximum atomic E-state index is 14.4. The van der Waals surface area contributed by atoms with Gasteiger partial charge in [-0.2, -0.15) is 0 Å². The van der Waals surface area contributed by atoms with Crippen LogP contribution in [0.15, 0.2) is 30.4 Å². The Kier molecular flexibility index (Phi) is 14.0. The summed E-state index contributed by atoms with van der Waals surface area (Å²) in [5.41, 5.74) is 0.0588. The van der Waals surface area contributed by atoms with Crippen LogP contribution in [0.4, 0.5) is 8.78 Å². The van der Waals surface area contributed by atoms with Gasteiger partial charge in [-0.1, -0.05) is 32.8 Å². The summed E-state index contributed by atoms with van der Waals surface area (Å²) in [6.07, 6.45) is 7.35. The number of piperidine rings is 1. The lowest BCUT2D eigenvalue weighted by atomic mass is 9.91. The van der Waals surface area contributed by atoms with Crippen LogP contribution in [-0.2, 0) is 44.7 Å². The number of amides is 6. The molecule has 5 rings (SSSR count). The Morgan fingerprint density at radius 2 is 1.55 bits per heavy atom. The summed E-state index contributed by atoms with van der Waals surface area (Å²) in [4.78, 5) is 101. The third-order valence-corrected chi connectivity index (χ3v) is 10.8. The Hall–Kier alpha value is -4.89. The minimum absolute atomic E-state index is 0.0588. The molecule has 55 heavy (non-hydrogen) atoms. The van der Waals surface area contributed by atoms with E-state index in [1.807, 2.05) is 13.8 Å². The van der Waals surface area contributed by atoms with E-state index < -0.39 is 95.9 Å². The number of carbonyl (C=O) groups is 7. The molecule has 300 valence electrons. The first-order chi connectivity index (χ1) is 26.3. The topological polar surface area (TPSA) is 175 Å². The number of esters is 1. The van der Waals surface area contributed by atoms with Gasteiger partial charge in [-0.05, 0) is 81.6 Å². The molecule has 16 heteroatoms. The van der Waals surface area contributed by atoms with Crippen molar-refractivity contribution in [2.75, 3.05) is 26.2 Å². The number of hydrogen-bond acceptors (Lipinski definition) is 8. The highest BCUT2D eigenvalue weighted by Gasteiger charge is 2.46. The Bertz CT molecular complexity index is 1650. The second-order valence-electron chi connectivity index (χ2n) is 15.1. The van der Waals surface area contributed by atoms with Crippen molar-refractivity contribution in [1.29, 1.82) is 0 Å². The van der Waals surface area contributed by atoms with Gasteiger partial charge in [0.05, 0.1) is 0 Å². The summed E-state index contributed by atoms with van der Waals surface area (Å²) in [6.45, 7) is 5.47. The molecule has 0 bridgehead atoms. The summed E-state index contributed by atoms with van der Waals surface area (Å²) in [5.74, 6) is -6.21. The van der Waals surface area contributed by atoms with Gasteiger partial charge in [0.2, 0.25) is 35.4 Å². The van der Waals surface area contributed by atoms with Gasteiger partial charge in [-0.3, -0.25) is 28.8 Å². The Morgan fingerprint density at radius 3 is 2.24 bits per heavy atom. The van der Waals surface area contributed by atoms with E-state index in [0.29, 0.717) is 38.2 Å². The standard InChI is InChI=1S/C39H52F2N6O8/c1-4-5-6-7-12-33(48)43-28(20-25-18-26(40)21-27(41)19-25)34(49)44-29-22-55-39(54)31-11-9-15-46(31)36(51)24(3)42-35(50)32-17-23(2)13-16-47(32)38(53)30-10-8-14-45(30)37(29)52/h7,12,18-19,21,23-24,28-32H,4-6,8-11,13-17,20,22H2,1-3H3,(H,42,50)(H,43,48)(H,44,49). The maximum absolute atomic E-state index is 14.4. The molecule has 3 N–H and O–H groups in total. The number of allylic oxidation sites excluding steroid dienone is 1. The number of benzene rings is 1. The van der Waals surface area contributed by atoms with Crippen molar-refractivity contribution < 1.29 is 47.1 Å². The molecule has 1 aromatic rings. The fourth-order valence-electron chi connectivity index (χ4n) is 7.84. The molecular formula is C39H52F2N6O8. The van der Waals surface area contributed by atoms with Crippen LogP contribution in [0.25, 0.3) is 0 Å². The molecular weight excluding hydrogens is 718 g/mol. The molecule has 0 spiro atoms. The average molecular weight is 771 g/mol. The maximum Gasteiger partial charge on any atom is 0.328 e. The van der Waals surface area contributed by atoms with Crippen LogP contribution in [0, 0.1) is 17.6 Å². The van der Waals surface area contributed by atoms with Crippen molar-refractivity contribution in [2.24, 2.45) is 5.92 Å². The van der Waals surface area contributed by atoms with Crippen LogP contribution >= 0.6 is 0 Å². The van der Waals surface area contributed by atoms with Crippen LogP contribution < -0.4 is 16.0 Å². The van der Waals surface area contributed by atoms with E-state index in [4.69, 9.17) is 4.74 Å². The minimum Gasteiger partial charge on any atom is -0.461 e. The summed E-state index contributed by atoms with van der Waals surface area (Å²) in [6, 6.07) is -4.13. The van der Waals surface area contributed by atoms with E-state index in [-0.39, 0.29) is 50.4 Å². The molecule has 6 amide bonds. The number of rotatable bonds is 9. The number of unbranched alkanes of at least 4 members (excludes halogenated alkanes) is 2. The molecule has 1 aromatic carbocycles. The summed E-state index contributed by atoms with van der Waals surface area (Å²) >= 11 is 0. The molecule has 4 fully saturated rings. The normalized spacial score (nSPS) is 27.3. The van der Waals surface area contributed by atoms with Crippen LogP contribution in [0.1, 0.15) is 84.1 Å². The zero-order valence-corrected chi connectivity index (χ0v) is 31.7. The predicted octanol–water partition coefficient (Wildman–Crippen LogP) is 1.89. The zero-order chi connectivity index (χ0) is 39.8. The number of cyclic esters (lactones) is 1. The first-order valence-electron chi connectivity index (χ1n) is 19.4. The van der Waals surface area contributed by atoms with Crippen LogP contribution in [-0.4, -0.2) is 119 Å². The van der Waals surface area contributed by atoms with E-state index in [1.54, 1.807) is 6.08 Å². The third-order valence-electron chi connectivity index (χ3n) is 10.8. The van der Waals surface area contributed by atoms with E-state index in [1.165, 1.54) is 27.7 Å². The predicted molar refractivity (Wildman–Crippen MR) is 195 cm³/mol. The van der Waals surface area contributed by atoms with Crippen LogP contribution in [0.3, 0.4) is 0 Å². The van der Waals surface area contributed by atoms with Gasteiger partial charge in [0.15, 0.2) is 0 Å². The molecule has 4 saturated heterocycles. The molecule has 0 aromatic heterocycles. The number of hydrogen-bond donors (Lipinski definition) is 3. The third kappa shape index (κ3) is 10.3. The molecule has 4 heterocycles. The van der Waals surface area contributed by atoms with Crippen molar-refractivity contribution in [2.45, 2.75) is 121 Å². The van der Waals surface area contributed by atoms with Crippen molar-refractivity contribution in [1.82, 2.24) is 30.7 Å². The molecule has 7 atom stereocenters. The van der Waals surface area contributed by atoms with Crippen molar-refractivity contribution >= 4 is 41.4 Å². The van der Waals surface area contributed by atoms with Gasteiger partial charge in [0, 0.05) is 32.1 Å². The van der Waals surface area contributed by atoms with Crippen LogP contribution in [0.2, 0.25) is 0 Å². The quantitative estimate of drug-likeness (QED) is 0.194. The molecule has 0 aliphatic carbocycles. The van der Waals surface area contributed by atoms with Crippen LogP contribution in [0.5, 0.6) is 0 Å². The average Bonchev–Trinajstić information content (AvgIpc) is 3.84. The smallest absolute Gasteiger partial charge is 0.328 e. The summed E-state index contributed by atoms with van der Waals surface area (Å²) in [5, 5.41) is 7.92. The second-order valence-corrected chi connectivity index (χ2v) is 15.1. The minimum atomic E-state index is -1.55. The lowest BCUT2D eigenvalue weighted by Gasteiger charge is -2.41. The van der Waals surface area contributed by atoms with Gasteiger partial charge < -0.3 is 35.4 Å². The first-order valence-corrected chi connectivity index (χ1v) is 19.4. The number of halogens is 2. The summed E-state index contributed by atoms with van der Waals surface area (Å²) in [7, 11) is 0. The molecule has 4 aliphatic heterocycles. The van der Waals surface area contributed by atoms with E-state index in [9.17, 15) is 42.3 Å². The SMILES string of the molecule is CCCCC=CC(=O)NC(Cc1cc(F)cc(F)c1)C(=O)NC1COC(=O)C2CCCN2C(=O)C(C)NC(=O)C2CC(C)CCN2C(=O)C2CCCN2C1=O. The Balaban J connectivity index is 1.46. The van der Waals surface area contributed by atoms with E-state index in [2.05, 4.69) is 16.0 Å². The monoisotopic (exact) mass is 770 g/mol. The molecule has 4 aliphatic rings. The lowest BCUT2D eigenvalue weighted by Crippen LogP contribution is -2.62. The van der Waals surface area contributed by atoms with Crippen molar-refractivity contribution in [3.8, 4) is 0 Å². The highest BCUT2D eigenvalue weighted by Crippen LogP contribution is 2.28. The number of carbonyl (C=O) groups excluding carboxylic acids is 7. The van der Waals surface area contributed by atoms with Gasteiger partial charge in [0.1, 0.15) is 54.5 Å². The number of nitrogens with zero attached hydrogens (tertiary/aromatic N) is 3. The lowest BCUT2D eigenvalue weighted by molar-refractivity contribution is -0.158. The van der Waals surface area contributed by atoms with Gasteiger partial charge in [0.25, 0.3) is 0 Å². The largest absolute Gasteiger partial charge is 0.461 e. The van der Waals surface area contributed by atoms with Gasteiger partial charge >= 0.3 is 5.97 Å². The van der Waals surface area contributed by atoms with E-state index >= 15 is 0 Å². The molecule has 7 unspecified atom stereocenters. The fourth-order valence-corrected chi connectivity index (χ4v) is 7.84. The molecule has 0 saturated carbocycles. The zero-order valence-electron chi connectivity index (χ0n) is 31.7. The number of fused-ring (bicyclic) bond motifs is 3. The second kappa shape index (κ2) is 18.6. The Morgan fingerprint density at radius 1 is 0.891 bits per heavy atom. The first kappa shape index (κ1) is 41.3. The number of ether oxygens (including phenoxy) is 1. The van der Waals surface area contributed by atoms with Gasteiger partial charge in [-0.15, -0.1) is 0 Å². The van der Waals surface area contributed by atoms with Crippen molar-refractivity contribution in [3.05, 3.63) is 47.5 Å². The van der Waals surface area contributed by atoms with Gasteiger partial charge in [-0.25, -0.2) is 13.6 Å². The fraction of sp³-hybridized carbons (Fsp3) is 0.615. The van der Waals surface area contributed by atoms with Crippen molar-refractivity contribution in [3.63, 3.8) is 0 Å². The molecule has 0 radical (unpaired) electrons. The highest BCUT2D eigenvalue weighted by molar-refractivity contribution is 5.98. The Labute approximate surface area is 319 Å². The van der Waals surface area contributed by atoms with E-state index in [0.717, 1.165) is 25.0 Å².